The Morgan fingerprint density at radius 2 is 0.614 bits per heavy atom. The molecule has 0 radical (unpaired) electrons. The SMILES string of the molecule is C1=CC2C=CC(C(c3ccccc3)c3ccc(N(c4ccc(C(c5ccccc5)c5ccc6ccccc6c5)cc4)c4ccc(C(c5ccccc5)c5ccc6ccccc6c5)cc4)cc3)=CC2C=C1. The van der Waals surface area contributed by atoms with Crippen LogP contribution in [0.25, 0.3) is 21.5 Å². The van der Waals surface area contributed by atoms with Gasteiger partial charge in [-0.2, -0.15) is 0 Å². The minimum Gasteiger partial charge on any atom is -0.311 e. The van der Waals surface area contributed by atoms with Crippen LogP contribution in [0.1, 0.15) is 62.3 Å². The Morgan fingerprint density at radius 1 is 0.271 bits per heavy atom. The third-order valence-electron chi connectivity index (χ3n) is 14.5. The van der Waals surface area contributed by atoms with E-state index in [2.05, 4.69) is 296 Å². The van der Waals surface area contributed by atoms with E-state index in [1.54, 1.807) is 0 Å². The maximum atomic E-state index is 2.48. The molecule has 1 heteroatoms. The number of fused-ring (bicyclic) bond motifs is 3. The fourth-order valence-electron chi connectivity index (χ4n) is 11.0. The smallest absolute Gasteiger partial charge is 0.0461 e. The van der Waals surface area contributed by atoms with E-state index in [-0.39, 0.29) is 17.8 Å². The van der Waals surface area contributed by atoms with Crippen LogP contribution in [0.2, 0.25) is 0 Å². The first-order chi connectivity index (χ1) is 34.7. The van der Waals surface area contributed by atoms with Gasteiger partial charge in [-0.05, 0) is 108 Å². The molecule has 0 fully saturated rings. The summed E-state index contributed by atoms with van der Waals surface area (Å²) in [5.74, 6) is 1.02. The zero-order chi connectivity index (χ0) is 46.6. The Hall–Kier alpha value is -8.52. The number of nitrogens with zero attached hydrogens (tertiary/aromatic N) is 1. The van der Waals surface area contributed by atoms with Gasteiger partial charge in [0.25, 0.3) is 0 Å². The third-order valence-corrected chi connectivity index (χ3v) is 14.5. The second kappa shape index (κ2) is 19.2. The predicted molar refractivity (Wildman–Crippen MR) is 295 cm³/mol. The molecular weight excluding hydrogens is 843 g/mol. The number of rotatable bonds is 12. The highest BCUT2D eigenvalue weighted by molar-refractivity contribution is 5.85. The summed E-state index contributed by atoms with van der Waals surface area (Å²) >= 11 is 0. The van der Waals surface area contributed by atoms with Gasteiger partial charge in [0.1, 0.15) is 0 Å². The number of benzene rings is 10. The summed E-state index contributed by atoms with van der Waals surface area (Å²) in [5.41, 5.74) is 14.8. The molecule has 0 saturated carbocycles. The van der Waals surface area contributed by atoms with Crippen LogP contribution in [0, 0.1) is 11.8 Å². The van der Waals surface area contributed by atoms with Gasteiger partial charge in [-0.1, -0.05) is 255 Å². The summed E-state index contributed by atoms with van der Waals surface area (Å²) in [4.78, 5) is 2.42. The van der Waals surface area contributed by atoms with Crippen molar-refractivity contribution >= 4 is 38.6 Å². The second-order valence-corrected chi connectivity index (χ2v) is 18.8. The summed E-state index contributed by atoms with van der Waals surface area (Å²) < 4.78 is 0. The van der Waals surface area contributed by atoms with E-state index in [4.69, 9.17) is 0 Å². The van der Waals surface area contributed by atoms with Crippen LogP contribution in [0.15, 0.2) is 297 Å². The highest BCUT2D eigenvalue weighted by Crippen LogP contribution is 2.43. The molecule has 5 unspecified atom stereocenters. The van der Waals surface area contributed by atoms with Gasteiger partial charge < -0.3 is 4.90 Å². The van der Waals surface area contributed by atoms with Crippen molar-refractivity contribution in [1.82, 2.24) is 0 Å². The average molecular weight is 896 g/mol. The molecule has 2 aliphatic rings. The van der Waals surface area contributed by atoms with Crippen molar-refractivity contribution in [2.24, 2.45) is 11.8 Å². The normalized spacial score (nSPS) is 16.3. The molecule has 334 valence electrons. The Kier molecular flexibility index (Phi) is 11.8. The average Bonchev–Trinajstić information content (AvgIpc) is 3.43. The Bertz CT molecular complexity index is 3360. The molecule has 0 aromatic heterocycles. The number of hydrogen-bond acceptors (Lipinski definition) is 1. The lowest BCUT2D eigenvalue weighted by Crippen LogP contribution is -2.15. The lowest BCUT2D eigenvalue weighted by atomic mass is 9.76. The van der Waals surface area contributed by atoms with E-state index < -0.39 is 0 Å². The van der Waals surface area contributed by atoms with Crippen molar-refractivity contribution in [3.63, 3.8) is 0 Å². The lowest BCUT2D eigenvalue weighted by molar-refractivity contribution is 0.648. The van der Waals surface area contributed by atoms with Crippen LogP contribution in [0.5, 0.6) is 0 Å². The molecule has 5 atom stereocenters. The van der Waals surface area contributed by atoms with Crippen molar-refractivity contribution in [1.29, 1.82) is 0 Å². The molecule has 70 heavy (non-hydrogen) atoms. The molecule has 10 aromatic carbocycles. The van der Waals surface area contributed by atoms with Gasteiger partial charge in [0.2, 0.25) is 0 Å². The molecule has 0 N–H and O–H groups in total. The molecule has 0 aliphatic heterocycles. The fourth-order valence-corrected chi connectivity index (χ4v) is 11.0. The molecule has 2 aliphatic carbocycles. The van der Waals surface area contributed by atoms with Gasteiger partial charge >= 0.3 is 0 Å². The molecule has 10 aromatic rings. The maximum Gasteiger partial charge on any atom is 0.0461 e. The summed E-state index contributed by atoms with van der Waals surface area (Å²) in [6, 6.07) is 91.9. The van der Waals surface area contributed by atoms with Crippen molar-refractivity contribution in [2.75, 3.05) is 4.90 Å². The minimum atomic E-state index is 0.0744. The molecule has 1 nitrogen and oxygen atoms in total. The second-order valence-electron chi connectivity index (χ2n) is 18.8. The van der Waals surface area contributed by atoms with Gasteiger partial charge in [0, 0.05) is 46.7 Å². The van der Waals surface area contributed by atoms with Gasteiger partial charge in [0.15, 0.2) is 0 Å². The van der Waals surface area contributed by atoms with Gasteiger partial charge in [-0.25, -0.2) is 0 Å². The minimum absolute atomic E-state index is 0.0744. The zero-order valence-electron chi connectivity index (χ0n) is 39.0. The van der Waals surface area contributed by atoms with Gasteiger partial charge in [-0.15, -0.1) is 0 Å². The van der Waals surface area contributed by atoms with Crippen molar-refractivity contribution < 1.29 is 0 Å². The fraction of sp³-hybridized carbons (Fsp3) is 0.0725. The molecule has 12 rings (SSSR count). The molecule has 0 bridgehead atoms. The van der Waals surface area contributed by atoms with E-state index in [0.29, 0.717) is 11.8 Å². The number of hydrogen-bond donors (Lipinski definition) is 0. The zero-order valence-corrected chi connectivity index (χ0v) is 39.0. The van der Waals surface area contributed by atoms with E-state index in [1.165, 1.54) is 71.6 Å². The quantitative estimate of drug-likeness (QED) is 0.110. The highest BCUT2D eigenvalue weighted by Gasteiger charge is 2.26. The third kappa shape index (κ3) is 8.64. The Balaban J connectivity index is 0.951. The van der Waals surface area contributed by atoms with E-state index in [1.807, 2.05) is 0 Å². The van der Waals surface area contributed by atoms with Crippen LogP contribution in [0.4, 0.5) is 17.1 Å². The first kappa shape index (κ1) is 42.8. The topological polar surface area (TPSA) is 3.24 Å². The van der Waals surface area contributed by atoms with E-state index >= 15 is 0 Å². The number of allylic oxidation sites excluding steroid dienone is 8. The van der Waals surface area contributed by atoms with Crippen LogP contribution in [-0.2, 0) is 0 Å². The van der Waals surface area contributed by atoms with Crippen LogP contribution < -0.4 is 4.90 Å². The van der Waals surface area contributed by atoms with Crippen LogP contribution >= 0.6 is 0 Å². The molecule has 0 saturated heterocycles. The maximum absolute atomic E-state index is 2.48. The summed E-state index contributed by atoms with van der Waals surface area (Å²) in [6.07, 6.45) is 16.2. The summed E-state index contributed by atoms with van der Waals surface area (Å²) in [7, 11) is 0. The van der Waals surface area contributed by atoms with Crippen LogP contribution in [0.3, 0.4) is 0 Å². The van der Waals surface area contributed by atoms with Crippen molar-refractivity contribution in [3.8, 4) is 0 Å². The van der Waals surface area contributed by atoms with E-state index in [9.17, 15) is 0 Å². The molecule has 0 amide bonds. The summed E-state index contributed by atoms with van der Waals surface area (Å²) in [6.45, 7) is 0. The highest BCUT2D eigenvalue weighted by atomic mass is 15.1. The van der Waals surface area contributed by atoms with E-state index in [0.717, 1.165) is 17.1 Å². The van der Waals surface area contributed by atoms with Crippen molar-refractivity contribution in [2.45, 2.75) is 17.8 Å². The number of anilines is 3. The first-order valence-corrected chi connectivity index (χ1v) is 24.7. The van der Waals surface area contributed by atoms with Gasteiger partial charge in [-0.3, -0.25) is 0 Å². The van der Waals surface area contributed by atoms with Crippen molar-refractivity contribution in [3.05, 3.63) is 341 Å². The first-order valence-electron chi connectivity index (χ1n) is 24.7. The van der Waals surface area contributed by atoms with Crippen LogP contribution in [-0.4, -0.2) is 0 Å². The monoisotopic (exact) mass is 895 g/mol. The summed E-state index contributed by atoms with van der Waals surface area (Å²) in [5, 5.41) is 5.01. The molecule has 0 spiro atoms. The molecule has 0 heterocycles. The Morgan fingerprint density at radius 3 is 1.06 bits per heavy atom. The molecular formula is C69H53N. The predicted octanol–water partition coefficient (Wildman–Crippen LogP) is 17.8. The lowest BCUT2D eigenvalue weighted by Gasteiger charge is -2.29. The Labute approximate surface area is 412 Å². The van der Waals surface area contributed by atoms with Gasteiger partial charge in [0.05, 0.1) is 0 Å². The largest absolute Gasteiger partial charge is 0.311 e. The standard InChI is InChI=1S/C69H53N/c1-4-19-52(20-5-1)67(61-31-28-49-16-10-13-25-58(49)46-61)55-34-40-64(41-35-55)70(65-42-36-56(37-43-65)68(53-21-6-2-7-22-53)62-32-29-50-17-11-14-26-59(50)47-62)66-44-38-57(39-45-66)69(54-23-8-3-9-24-54)63-33-30-51-18-12-15-27-60(51)48-63/h1-49,58,67-69H.